The van der Waals surface area contributed by atoms with Crippen LogP contribution in [0.3, 0.4) is 0 Å². The minimum Gasteiger partial charge on any atom is -0.355 e. The molecule has 1 aliphatic heterocycles. The number of halogens is 1. The Labute approximate surface area is 181 Å². The highest BCUT2D eigenvalue weighted by Gasteiger charge is 2.35. The first-order chi connectivity index (χ1) is 14.4. The van der Waals surface area contributed by atoms with Crippen LogP contribution in [0.2, 0.25) is 5.02 Å². The molecule has 0 bridgehead atoms. The second-order valence-electron chi connectivity index (χ2n) is 7.62. The van der Waals surface area contributed by atoms with Crippen molar-refractivity contribution in [2.75, 3.05) is 18.0 Å². The Balaban J connectivity index is 1.89. The van der Waals surface area contributed by atoms with Crippen LogP contribution in [0.4, 0.5) is 5.82 Å². The number of para-hydroxylation sites is 2. The number of hydrogen-bond acceptors (Lipinski definition) is 6. The summed E-state index contributed by atoms with van der Waals surface area (Å²) in [5.74, 6) is 0.928. The second kappa shape index (κ2) is 8.21. The highest BCUT2D eigenvalue weighted by molar-refractivity contribution is 7.92. The molecule has 4 rings (SSSR count). The zero-order valence-electron chi connectivity index (χ0n) is 16.5. The van der Waals surface area contributed by atoms with E-state index in [1.54, 1.807) is 6.07 Å². The van der Waals surface area contributed by atoms with Gasteiger partial charge in [0.15, 0.2) is 11.1 Å². The van der Waals surface area contributed by atoms with Crippen molar-refractivity contribution in [3.8, 4) is 6.07 Å². The van der Waals surface area contributed by atoms with Gasteiger partial charge in [0.25, 0.3) is 0 Å². The second-order valence-corrected chi connectivity index (χ2v) is 10.1. The van der Waals surface area contributed by atoms with E-state index in [9.17, 15) is 13.7 Å². The fourth-order valence-electron chi connectivity index (χ4n) is 3.83. The van der Waals surface area contributed by atoms with Gasteiger partial charge in [-0.25, -0.2) is 18.4 Å². The van der Waals surface area contributed by atoms with E-state index >= 15 is 0 Å². The number of rotatable bonds is 4. The van der Waals surface area contributed by atoms with Gasteiger partial charge in [-0.15, -0.1) is 0 Å². The summed E-state index contributed by atoms with van der Waals surface area (Å²) in [6, 6.07) is 15.1. The molecule has 2 heterocycles. The fourth-order valence-corrected chi connectivity index (χ4v) is 5.34. The van der Waals surface area contributed by atoms with E-state index in [-0.39, 0.29) is 10.6 Å². The average Bonchev–Trinajstić information content (AvgIpc) is 2.74. The lowest BCUT2D eigenvalue weighted by atomic mass is 10.00. The SMILES string of the molecule is CC1CCCN(c2nc3ccccc3nc2C(C#N)S(=O)(=O)c2ccc(Cl)cc2)C1. The van der Waals surface area contributed by atoms with Crippen LogP contribution in [-0.2, 0) is 9.84 Å². The van der Waals surface area contributed by atoms with Crippen molar-refractivity contribution in [3.63, 3.8) is 0 Å². The molecule has 1 saturated heterocycles. The summed E-state index contributed by atoms with van der Waals surface area (Å²) in [4.78, 5) is 11.5. The number of aromatic nitrogens is 2. The summed E-state index contributed by atoms with van der Waals surface area (Å²) in [7, 11) is -4.01. The largest absolute Gasteiger partial charge is 0.355 e. The molecule has 3 aromatic rings. The van der Waals surface area contributed by atoms with Crippen LogP contribution in [0.15, 0.2) is 53.4 Å². The van der Waals surface area contributed by atoms with Gasteiger partial charge in [0.05, 0.1) is 22.0 Å². The molecular formula is C22H21ClN4O2S. The number of nitrogens with zero attached hydrogens (tertiary/aromatic N) is 4. The van der Waals surface area contributed by atoms with E-state index < -0.39 is 15.1 Å². The van der Waals surface area contributed by atoms with Crippen molar-refractivity contribution in [1.29, 1.82) is 5.26 Å². The molecule has 1 aromatic heterocycles. The predicted octanol–water partition coefficient (Wildman–Crippen LogP) is 4.56. The Hall–Kier alpha value is -2.69. The molecule has 0 radical (unpaired) electrons. The molecule has 2 atom stereocenters. The van der Waals surface area contributed by atoms with Crippen molar-refractivity contribution in [3.05, 3.63) is 59.2 Å². The number of nitriles is 1. The Morgan fingerprint density at radius 3 is 2.43 bits per heavy atom. The number of fused-ring (bicyclic) bond motifs is 1. The van der Waals surface area contributed by atoms with Crippen LogP contribution >= 0.6 is 11.6 Å². The molecule has 0 N–H and O–H groups in total. The number of benzene rings is 2. The van der Waals surface area contributed by atoms with Gasteiger partial charge in [-0.1, -0.05) is 30.7 Å². The molecule has 154 valence electrons. The first-order valence-corrected chi connectivity index (χ1v) is 11.7. The van der Waals surface area contributed by atoms with E-state index in [1.807, 2.05) is 24.3 Å². The maximum atomic E-state index is 13.4. The third-order valence-electron chi connectivity index (χ3n) is 5.35. The Kier molecular flexibility index (Phi) is 5.63. The molecule has 30 heavy (non-hydrogen) atoms. The highest BCUT2D eigenvalue weighted by atomic mass is 35.5. The Morgan fingerprint density at radius 2 is 1.80 bits per heavy atom. The van der Waals surface area contributed by atoms with Crippen molar-refractivity contribution < 1.29 is 8.42 Å². The van der Waals surface area contributed by atoms with Crippen LogP contribution in [0.1, 0.15) is 30.7 Å². The van der Waals surface area contributed by atoms with E-state index in [0.717, 1.165) is 25.9 Å². The maximum absolute atomic E-state index is 13.4. The molecule has 0 amide bonds. The van der Waals surface area contributed by atoms with Crippen LogP contribution in [0, 0.1) is 17.2 Å². The smallest absolute Gasteiger partial charge is 0.200 e. The van der Waals surface area contributed by atoms with Crippen molar-refractivity contribution in [1.82, 2.24) is 9.97 Å². The van der Waals surface area contributed by atoms with E-state index in [0.29, 0.717) is 27.8 Å². The monoisotopic (exact) mass is 440 g/mol. The van der Waals surface area contributed by atoms with E-state index in [1.165, 1.54) is 24.3 Å². The van der Waals surface area contributed by atoms with Gasteiger partial charge >= 0.3 is 0 Å². The number of hydrogen-bond donors (Lipinski definition) is 0. The average molecular weight is 441 g/mol. The van der Waals surface area contributed by atoms with Crippen LogP contribution < -0.4 is 4.90 Å². The summed E-state index contributed by atoms with van der Waals surface area (Å²) in [6.45, 7) is 3.66. The summed E-state index contributed by atoms with van der Waals surface area (Å²) < 4.78 is 26.7. The zero-order chi connectivity index (χ0) is 21.3. The molecule has 1 fully saturated rings. The Morgan fingerprint density at radius 1 is 1.13 bits per heavy atom. The van der Waals surface area contributed by atoms with Gasteiger partial charge < -0.3 is 4.90 Å². The first kappa shape index (κ1) is 20.6. The lowest BCUT2D eigenvalue weighted by Gasteiger charge is -2.33. The molecular weight excluding hydrogens is 420 g/mol. The lowest BCUT2D eigenvalue weighted by Crippen LogP contribution is -2.36. The highest BCUT2D eigenvalue weighted by Crippen LogP contribution is 2.35. The van der Waals surface area contributed by atoms with Gasteiger partial charge in [-0.05, 0) is 55.2 Å². The number of piperidine rings is 1. The minimum atomic E-state index is -4.01. The third kappa shape index (κ3) is 3.85. The molecule has 8 heteroatoms. The predicted molar refractivity (Wildman–Crippen MR) is 117 cm³/mol. The molecule has 2 unspecified atom stereocenters. The van der Waals surface area contributed by atoms with E-state index in [2.05, 4.69) is 16.8 Å². The van der Waals surface area contributed by atoms with Crippen molar-refractivity contribution in [2.45, 2.75) is 29.9 Å². The van der Waals surface area contributed by atoms with Crippen LogP contribution in [-0.4, -0.2) is 31.5 Å². The summed E-state index contributed by atoms with van der Waals surface area (Å²) in [5.41, 5.74) is 1.42. The molecule has 6 nitrogen and oxygen atoms in total. The minimum absolute atomic E-state index is 0.0337. The molecule has 0 saturated carbocycles. The van der Waals surface area contributed by atoms with Gasteiger partial charge in [-0.3, -0.25) is 0 Å². The van der Waals surface area contributed by atoms with Crippen LogP contribution in [0.5, 0.6) is 0 Å². The van der Waals surface area contributed by atoms with E-state index in [4.69, 9.17) is 16.6 Å². The van der Waals surface area contributed by atoms with Crippen molar-refractivity contribution in [2.24, 2.45) is 5.92 Å². The lowest BCUT2D eigenvalue weighted by molar-refractivity contribution is 0.443. The quantitative estimate of drug-likeness (QED) is 0.591. The third-order valence-corrected chi connectivity index (χ3v) is 7.48. The van der Waals surface area contributed by atoms with Gasteiger partial charge in [0.2, 0.25) is 9.84 Å². The number of anilines is 1. The first-order valence-electron chi connectivity index (χ1n) is 9.81. The van der Waals surface area contributed by atoms with Crippen LogP contribution in [0.25, 0.3) is 11.0 Å². The number of sulfone groups is 1. The fraction of sp³-hybridized carbons (Fsp3) is 0.318. The summed E-state index contributed by atoms with van der Waals surface area (Å²) in [6.07, 6.45) is 2.09. The standard InChI is InChI=1S/C22H21ClN4O2S/c1-15-5-4-12-27(14-15)22-21(25-18-6-2-3-7-19(18)26-22)20(13-24)30(28,29)17-10-8-16(23)9-11-17/h2-3,6-11,15,20H,4-5,12,14H2,1H3. The molecule has 2 aromatic carbocycles. The topological polar surface area (TPSA) is 86.9 Å². The molecule has 1 aliphatic rings. The molecule has 0 spiro atoms. The maximum Gasteiger partial charge on any atom is 0.200 e. The van der Waals surface area contributed by atoms with Crippen molar-refractivity contribution >= 4 is 38.3 Å². The molecule has 0 aliphatic carbocycles. The normalized spacial score (nSPS) is 18.2. The Bertz CT molecular complexity index is 1220. The van der Waals surface area contributed by atoms with Gasteiger partial charge in [0, 0.05) is 18.1 Å². The summed E-state index contributed by atoms with van der Waals surface area (Å²) in [5, 5.41) is 8.89. The van der Waals surface area contributed by atoms with Gasteiger partial charge in [-0.2, -0.15) is 5.26 Å². The zero-order valence-corrected chi connectivity index (χ0v) is 18.1. The summed E-state index contributed by atoms with van der Waals surface area (Å²) >= 11 is 5.91. The van der Waals surface area contributed by atoms with Gasteiger partial charge in [0.1, 0.15) is 5.69 Å².